The second-order valence-corrected chi connectivity index (χ2v) is 2.87. The summed E-state index contributed by atoms with van der Waals surface area (Å²) < 4.78 is 4.73. The first-order valence-electron chi connectivity index (χ1n) is 4.82. The van der Waals surface area contributed by atoms with E-state index in [-0.39, 0.29) is 12.7 Å². The highest BCUT2D eigenvalue weighted by Crippen LogP contribution is 1.96. The minimum atomic E-state index is -0.351. The molecule has 0 rings (SSSR count). The SMILES string of the molecule is C=CCOC(=O)NCCCCCC. The van der Waals surface area contributed by atoms with E-state index in [4.69, 9.17) is 4.74 Å². The first kappa shape index (κ1) is 12.0. The average Bonchev–Trinajstić information content (AvgIpc) is 2.14. The molecule has 13 heavy (non-hydrogen) atoms. The van der Waals surface area contributed by atoms with Crippen LogP contribution in [0.1, 0.15) is 32.6 Å². The van der Waals surface area contributed by atoms with Gasteiger partial charge in [0.2, 0.25) is 0 Å². The average molecular weight is 185 g/mol. The van der Waals surface area contributed by atoms with Crippen LogP contribution in [0.2, 0.25) is 0 Å². The number of unbranched alkanes of at least 4 members (excludes halogenated alkanes) is 3. The normalized spacial score (nSPS) is 9.31. The number of carbonyl (C=O) groups is 1. The zero-order valence-electron chi connectivity index (χ0n) is 8.34. The van der Waals surface area contributed by atoms with Crippen molar-refractivity contribution in [3.05, 3.63) is 12.7 Å². The van der Waals surface area contributed by atoms with Gasteiger partial charge in [-0.05, 0) is 6.42 Å². The van der Waals surface area contributed by atoms with Crippen LogP contribution in [-0.4, -0.2) is 19.2 Å². The maximum Gasteiger partial charge on any atom is 0.407 e. The van der Waals surface area contributed by atoms with Crippen molar-refractivity contribution in [2.75, 3.05) is 13.2 Å². The fourth-order valence-electron chi connectivity index (χ4n) is 0.928. The summed E-state index contributed by atoms with van der Waals surface area (Å²) in [5, 5.41) is 2.67. The molecule has 0 aliphatic heterocycles. The van der Waals surface area contributed by atoms with Gasteiger partial charge >= 0.3 is 6.09 Å². The molecule has 0 aromatic rings. The summed E-state index contributed by atoms with van der Waals surface area (Å²) in [5.74, 6) is 0. The topological polar surface area (TPSA) is 38.3 Å². The van der Waals surface area contributed by atoms with Crippen LogP contribution < -0.4 is 5.32 Å². The number of alkyl carbamates (subject to hydrolysis) is 1. The molecule has 0 aromatic carbocycles. The van der Waals surface area contributed by atoms with E-state index in [9.17, 15) is 4.79 Å². The standard InChI is InChI=1S/C10H19NO2/c1-3-5-6-7-8-11-10(12)13-9-4-2/h4H,2-3,5-9H2,1H3,(H,11,12). The molecule has 0 aromatic heterocycles. The number of hydrogen-bond acceptors (Lipinski definition) is 2. The van der Waals surface area contributed by atoms with Gasteiger partial charge in [-0.3, -0.25) is 0 Å². The van der Waals surface area contributed by atoms with E-state index < -0.39 is 0 Å². The van der Waals surface area contributed by atoms with Gasteiger partial charge in [-0.15, -0.1) is 0 Å². The smallest absolute Gasteiger partial charge is 0.407 e. The van der Waals surface area contributed by atoms with Gasteiger partial charge in [0.25, 0.3) is 0 Å². The van der Waals surface area contributed by atoms with E-state index >= 15 is 0 Å². The number of hydrogen-bond donors (Lipinski definition) is 1. The van der Waals surface area contributed by atoms with Crippen molar-refractivity contribution < 1.29 is 9.53 Å². The van der Waals surface area contributed by atoms with Crippen molar-refractivity contribution in [2.45, 2.75) is 32.6 Å². The molecule has 0 saturated carbocycles. The largest absolute Gasteiger partial charge is 0.445 e. The van der Waals surface area contributed by atoms with E-state index in [1.807, 2.05) is 0 Å². The molecule has 0 saturated heterocycles. The minimum absolute atomic E-state index is 0.279. The quantitative estimate of drug-likeness (QED) is 0.489. The molecule has 3 nitrogen and oxygen atoms in total. The third-order valence-electron chi connectivity index (χ3n) is 1.63. The molecule has 0 unspecified atom stereocenters. The summed E-state index contributed by atoms with van der Waals surface area (Å²) in [6.07, 6.45) is 5.83. The van der Waals surface area contributed by atoms with Crippen LogP contribution in [0.5, 0.6) is 0 Å². The van der Waals surface area contributed by atoms with Crippen molar-refractivity contribution in [1.29, 1.82) is 0 Å². The van der Waals surface area contributed by atoms with Gasteiger partial charge in [0.1, 0.15) is 6.61 Å². The molecule has 0 bridgehead atoms. The minimum Gasteiger partial charge on any atom is -0.445 e. The number of carbonyl (C=O) groups excluding carboxylic acids is 1. The Morgan fingerprint density at radius 2 is 2.23 bits per heavy atom. The van der Waals surface area contributed by atoms with Crippen molar-refractivity contribution in [3.63, 3.8) is 0 Å². The van der Waals surface area contributed by atoms with E-state index in [1.54, 1.807) is 6.08 Å². The number of nitrogens with one attached hydrogen (secondary N) is 1. The van der Waals surface area contributed by atoms with Crippen molar-refractivity contribution in [3.8, 4) is 0 Å². The Morgan fingerprint density at radius 3 is 2.85 bits per heavy atom. The second-order valence-electron chi connectivity index (χ2n) is 2.87. The molecule has 0 radical (unpaired) electrons. The highest BCUT2D eigenvalue weighted by molar-refractivity contribution is 5.67. The van der Waals surface area contributed by atoms with Gasteiger partial charge in [0, 0.05) is 6.54 Å². The summed E-state index contributed by atoms with van der Waals surface area (Å²) in [5.41, 5.74) is 0. The zero-order chi connectivity index (χ0) is 9.94. The molecule has 0 heterocycles. The van der Waals surface area contributed by atoms with Crippen molar-refractivity contribution >= 4 is 6.09 Å². The number of amides is 1. The molecular formula is C10H19NO2. The van der Waals surface area contributed by atoms with Crippen molar-refractivity contribution in [2.24, 2.45) is 0 Å². The van der Waals surface area contributed by atoms with E-state index in [1.165, 1.54) is 12.8 Å². The molecule has 76 valence electrons. The van der Waals surface area contributed by atoms with E-state index in [2.05, 4.69) is 18.8 Å². The fourth-order valence-corrected chi connectivity index (χ4v) is 0.928. The lowest BCUT2D eigenvalue weighted by Gasteiger charge is -2.04. The van der Waals surface area contributed by atoms with Gasteiger partial charge in [-0.1, -0.05) is 38.8 Å². The van der Waals surface area contributed by atoms with Gasteiger partial charge in [0.15, 0.2) is 0 Å². The van der Waals surface area contributed by atoms with E-state index in [0.29, 0.717) is 6.54 Å². The second kappa shape index (κ2) is 9.10. The molecule has 0 spiro atoms. The lowest BCUT2D eigenvalue weighted by atomic mass is 10.2. The van der Waals surface area contributed by atoms with Crippen LogP contribution in [0.4, 0.5) is 4.79 Å². The third-order valence-corrected chi connectivity index (χ3v) is 1.63. The molecule has 0 atom stereocenters. The van der Waals surface area contributed by atoms with Crippen LogP contribution in [0.25, 0.3) is 0 Å². The van der Waals surface area contributed by atoms with Gasteiger partial charge in [-0.2, -0.15) is 0 Å². The van der Waals surface area contributed by atoms with Crippen LogP contribution in [0, 0.1) is 0 Å². The molecule has 0 aliphatic rings. The number of ether oxygens (including phenoxy) is 1. The Kier molecular flexibility index (Phi) is 8.41. The van der Waals surface area contributed by atoms with Gasteiger partial charge in [-0.25, -0.2) is 4.79 Å². The molecule has 0 fully saturated rings. The maximum absolute atomic E-state index is 10.9. The highest BCUT2D eigenvalue weighted by atomic mass is 16.5. The molecule has 0 aliphatic carbocycles. The Balaban J connectivity index is 3.12. The van der Waals surface area contributed by atoms with Gasteiger partial charge < -0.3 is 10.1 Å². The Morgan fingerprint density at radius 1 is 1.46 bits per heavy atom. The Hall–Kier alpha value is -0.990. The molecule has 1 amide bonds. The van der Waals surface area contributed by atoms with Crippen LogP contribution in [0.15, 0.2) is 12.7 Å². The highest BCUT2D eigenvalue weighted by Gasteiger charge is 1.97. The first-order chi connectivity index (χ1) is 6.31. The van der Waals surface area contributed by atoms with Crippen LogP contribution >= 0.6 is 0 Å². The molecule has 3 heteroatoms. The molecular weight excluding hydrogens is 166 g/mol. The molecule has 1 N–H and O–H groups in total. The Bertz CT molecular complexity index is 146. The van der Waals surface area contributed by atoms with Crippen molar-refractivity contribution in [1.82, 2.24) is 5.32 Å². The maximum atomic E-state index is 10.9. The summed E-state index contributed by atoms with van der Waals surface area (Å²) in [4.78, 5) is 10.9. The van der Waals surface area contributed by atoms with Crippen LogP contribution in [-0.2, 0) is 4.74 Å². The predicted molar refractivity (Wildman–Crippen MR) is 53.7 cm³/mol. The zero-order valence-corrected chi connectivity index (χ0v) is 8.34. The lowest BCUT2D eigenvalue weighted by Crippen LogP contribution is -2.25. The summed E-state index contributed by atoms with van der Waals surface area (Å²) in [6, 6.07) is 0. The lowest BCUT2D eigenvalue weighted by molar-refractivity contribution is 0.158. The third kappa shape index (κ3) is 8.92. The Labute approximate surface area is 80.2 Å². The fraction of sp³-hybridized carbons (Fsp3) is 0.700. The van der Waals surface area contributed by atoms with Crippen LogP contribution in [0.3, 0.4) is 0 Å². The summed E-state index contributed by atoms with van der Waals surface area (Å²) in [6.45, 7) is 6.59. The first-order valence-corrected chi connectivity index (χ1v) is 4.82. The number of rotatable bonds is 7. The predicted octanol–water partition coefficient (Wildman–Crippen LogP) is 2.48. The van der Waals surface area contributed by atoms with Gasteiger partial charge in [0.05, 0.1) is 0 Å². The summed E-state index contributed by atoms with van der Waals surface area (Å²) >= 11 is 0. The van der Waals surface area contributed by atoms with E-state index in [0.717, 1.165) is 12.8 Å². The monoisotopic (exact) mass is 185 g/mol. The summed E-state index contributed by atoms with van der Waals surface area (Å²) in [7, 11) is 0.